The van der Waals surface area contributed by atoms with Gasteiger partial charge in [0.05, 0.1) is 47.0 Å². The molecular formula is C35H32FN7O3. The molecule has 1 saturated carbocycles. The number of aromatic nitrogens is 4. The molecule has 0 spiro atoms. The Balaban J connectivity index is 1.09. The molecule has 2 unspecified atom stereocenters. The first-order chi connectivity index (χ1) is 22.4. The third-order valence-corrected chi connectivity index (χ3v) is 8.97. The quantitative estimate of drug-likeness (QED) is 0.234. The van der Waals surface area contributed by atoms with Crippen molar-refractivity contribution in [3.8, 4) is 11.9 Å². The number of hydrogen-bond donors (Lipinski definition) is 1. The Morgan fingerprint density at radius 3 is 2.67 bits per heavy atom. The molecule has 4 heterocycles. The van der Waals surface area contributed by atoms with E-state index >= 15 is 0 Å². The molecule has 0 bridgehead atoms. The summed E-state index contributed by atoms with van der Waals surface area (Å²) in [6.45, 7) is 4.74. The van der Waals surface area contributed by atoms with E-state index in [1.165, 1.54) is 6.07 Å². The van der Waals surface area contributed by atoms with E-state index in [0.717, 1.165) is 59.9 Å². The van der Waals surface area contributed by atoms with Crippen LogP contribution in [0.25, 0.3) is 11.0 Å². The maximum Gasteiger partial charge on any atom is 0.335 e. The van der Waals surface area contributed by atoms with E-state index < -0.39 is 11.8 Å². The topological polar surface area (TPSA) is 120 Å². The number of nitriles is 1. The van der Waals surface area contributed by atoms with Gasteiger partial charge in [-0.25, -0.2) is 14.2 Å². The molecule has 7 rings (SSSR count). The fourth-order valence-corrected chi connectivity index (χ4v) is 6.46. The average Bonchev–Trinajstić information content (AvgIpc) is 3.36. The molecule has 0 amide bonds. The van der Waals surface area contributed by atoms with Crippen LogP contribution >= 0.6 is 0 Å². The van der Waals surface area contributed by atoms with Crippen molar-refractivity contribution < 1.29 is 19.0 Å². The average molecular weight is 618 g/mol. The third-order valence-electron chi connectivity index (χ3n) is 8.97. The van der Waals surface area contributed by atoms with Crippen LogP contribution in [0.1, 0.15) is 51.4 Å². The molecule has 10 nitrogen and oxygen atoms in total. The molecule has 3 aromatic heterocycles. The van der Waals surface area contributed by atoms with Gasteiger partial charge in [0.25, 0.3) is 0 Å². The number of benzene rings is 2. The van der Waals surface area contributed by atoms with Gasteiger partial charge in [0, 0.05) is 43.0 Å². The lowest BCUT2D eigenvalue weighted by atomic mass is 9.81. The standard InChI is InChI=1S/C35H32FN7O3/c1-22-11-12-38-26(15-22)19-43-31-17-24(35(44)45)7-8-28(31)39-33(43)20-41-13-14-42(30-10-9-29(30)41)32-3-2-4-34(40-32)46-21-25-6-5-23(18-37)16-27(25)36/h2-8,11-12,15-17,29-30H,9-10,13-14,19-21H2,1H3,(H,44,45). The number of hydrogen-bond acceptors (Lipinski definition) is 8. The summed E-state index contributed by atoms with van der Waals surface area (Å²) in [5.41, 5.74) is 4.40. The predicted octanol–water partition coefficient (Wildman–Crippen LogP) is 5.32. The fourth-order valence-electron chi connectivity index (χ4n) is 6.46. The Morgan fingerprint density at radius 1 is 1.04 bits per heavy atom. The van der Waals surface area contributed by atoms with Crippen LogP contribution in [0.5, 0.6) is 5.88 Å². The van der Waals surface area contributed by atoms with Crippen LogP contribution in [0.3, 0.4) is 0 Å². The second-order valence-electron chi connectivity index (χ2n) is 11.9. The molecule has 1 N–H and O–H groups in total. The summed E-state index contributed by atoms with van der Waals surface area (Å²) in [5, 5.41) is 18.6. The maximum atomic E-state index is 14.4. The van der Waals surface area contributed by atoms with E-state index in [0.29, 0.717) is 30.6 Å². The number of piperazine rings is 1. The van der Waals surface area contributed by atoms with Crippen LogP contribution < -0.4 is 9.64 Å². The zero-order valence-corrected chi connectivity index (χ0v) is 25.3. The van der Waals surface area contributed by atoms with Crippen molar-refractivity contribution >= 4 is 22.8 Å². The summed E-state index contributed by atoms with van der Waals surface area (Å²) in [6.07, 6.45) is 3.89. The Bertz CT molecular complexity index is 1990. The molecule has 1 aliphatic carbocycles. The van der Waals surface area contributed by atoms with E-state index in [1.54, 1.807) is 42.6 Å². The van der Waals surface area contributed by atoms with Gasteiger partial charge in [0.2, 0.25) is 5.88 Å². The maximum absolute atomic E-state index is 14.4. The second-order valence-corrected chi connectivity index (χ2v) is 11.9. The van der Waals surface area contributed by atoms with E-state index in [9.17, 15) is 14.3 Å². The predicted molar refractivity (Wildman–Crippen MR) is 169 cm³/mol. The van der Waals surface area contributed by atoms with E-state index in [1.807, 2.05) is 37.3 Å². The number of aryl methyl sites for hydroxylation is 1. The van der Waals surface area contributed by atoms with E-state index in [2.05, 4.69) is 19.4 Å². The van der Waals surface area contributed by atoms with Gasteiger partial charge in [-0.05, 0) is 73.9 Å². The normalized spacial score (nSPS) is 17.7. The molecule has 11 heteroatoms. The Hall–Kier alpha value is -5.34. The highest BCUT2D eigenvalue weighted by atomic mass is 19.1. The number of imidazole rings is 1. The molecule has 0 radical (unpaired) electrons. The molecule has 2 aromatic carbocycles. The van der Waals surface area contributed by atoms with Gasteiger partial charge in [-0.3, -0.25) is 9.88 Å². The van der Waals surface area contributed by atoms with Crippen molar-refractivity contribution in [3.05, 3.63) is 113 Å². The number of ether oxygens (including phenoxy) is 1. The van der Waals surface area contributed by atoms with Crippen molar-refractivity contribution in [2.75, 3.05) is 18.0 Å². The largest absolute Gasteiger partial charge is 0.478 e. The lowest BCUT2D eigenvalue weighted by Crippen LogP contribution is -2.64. The van der Waals surface area contributed by atoms with Crippen LogP contribution in [-0.4, -0.2) is 60.7 Å². The second kappa shape index (κ2) is 12.2. The Morgan fingerprint density at radius 2 is 1.91 bits per heavy atom. The number of anilines is 1. The number of carboxylic acid groups (broad SMARTS) is 1. The smallest absolute Gasteiger partial charge is 0.335 e. The van der Waals surface area contributed by atoms with Gasteiger partial charge in [-0.1, -0.05) is 12.1 Å². The first-order valence-electron chi connectivity index (χ1n) is 15.3. The molecule has 2 aliphatic rings. The van der Waals surface area contributed by atoms with Crippen LogP contribution in [0.4, 0.5) is 10.2 Å². The number of rotatable bonds is 9. The lowest BCUT2D eigenvalue weighted by molar-refractivity contribution is 0.0624. The molecular weight excluding hydrogens is 585 g/mol. The summed E-state index contributed by atoms with van der Waals surface area (Å²) in [4.78, 5) is 30.9. The van der Waals surface area contributed by atoms with E-state index in [-0.39, 0.29) is 23.8 Å². The van der Waals surface area contributed by atoms with Gasteiger partial charge in [-0.2, -0.15) is 10.2 Å². The lowest BCUT2D eigenvalue weighted by Gasteiger charge is -2.54. The fraction of sp³-hybridized carbons (Fsp3) is 0.286. The van der Waals surface area contributed by atoms with Gasteiger partial charge in [0.1, 0.15) is 24.1 Å². The Labute approximate surface area is 265 Å². The number of carbonyl (C=O) groups is 1. The number of pyridine rings is 2. The van der Waals surface area contributed by atoms with Crippen molar-refractivity contribution in [2.24, 2.45) is 0 Å². The van der Waals surface area contributed by atoms with Crippen molar-refractivity contribution in [3.63, 3.8) is 0 Å². The van der Waals surface area contributed by atoms with Crippen LogP contribution in [0.15, 0.2) is 72.9 Å². The summed E-state index contributed by atoms with van der Waals surface area (Å²) in [6, 6.07) is 21.6. The number of carboxylic acids is 1. The zero-order chi connectivity index (χ0) is 31.8. The van der Waals surface area contributed by atoms with Gasteiger partial charge >= 0.3 is 5.97 Å². The molecule has 2 fully saturated rings. The third kappa shape index (κ3) is 5.75. The molecule has 1 saturated heterocycles. The highest BCUT2D eigenvalue weighted by Gasteiger charge is 2.43. The molecule has 5 aromatic rings. The first-order valence-corrected chi connectivity index (χ1v) is 15.3. The number of aromatic carboxylic acids is 1. The number of fused-ring (bicyclic) bond motifs is 2. The minimum atomic E-state index is -0.970. The van der Waals surface area contributed by atoms with Gasteiger partial charge in [0.15, 0.2) is 0 Å². The first kappa shape index (κ1) is 29.4. The van der Waals surface area contributed by atoms with Crippen LogP contribution in [0.2, 0.25) is 0 Å². The summed E-state index contributed by atoms with van der Waals surface area (Å²) in [7, 11) is 0. The number of halogens is 1. The van der Waals surface area contributed by atoms with Crippen molar-refractivity contribution in [1.82, 2.24) is 24.4 Å². The van der Waals surface area contributed by atoms with Crippen molar-refractivity contribution in [1.29, 1.82) is 5.26 Å². The molecule has 232 valence electrons. The number of nitrogens with zero attached hydrogens (tertiary/aromatic N) is 7. The molecule has 46 heavy (non-hydrogen) atoms. The summed E-state index contributed by atoms with van der Waals surface area (Å²) >= 11 is 0. The summed E-state index contributed by atoms with van der Waals surface area (Å²) in [5.74, 6) is 0.672. The minimum absolute atomic E-state index is 0.0147. The zero-order valence-electron chi connectivity index (χ0n) is 25.3. The van der Waals surface area contributed by atoms with Gasteiger partial charge in [-0.15, -0.1) is 0 Å². The van der Waals surface area contributed by atoms with Crippen molar-refractivity contribution in [2.45, 2.75) is 51.5 Å². The highest BCUT2D eigenvalue weighted by molar-refractivity contribution is 5.92. The monoisotopic (exact) mass is 617 g/mol. The summed E-state index contributed by atoms with van der Waals surface area (Å²) < 4.78 is 22.3. The van der Waals surface area contributed by atoms with Crippen LogP contribution in [0, 0.1) is 24.1 Å². The van der Waals surface area contributed by atoms with Gasteiger partial charge < -0.3 is 19.3 Å². The molecule has 1 aliphatic heterocycles. The molecule has 2 atom stereocenters. The minimum Gasteiger partial charge on any atom is -0.478 e. The Kier molecular flexibility index (Phi) is 7.80. The van der Waals surface area contributed by atoms with Crippen LogP contribution in [-0.2, 0) is 19.7 Å². The highest BCUT2D eigenvalue weighted by Crippen LogP contribution is 2.37. The van der Waals surface area contributed by atoms with E-state index in [4.69, 9.17) is 20.0 Å². The SMILES string of the molecule is Cc1ccnc(Cn2c(CN3CCN(c4cccc(OCc5ccc(C#N)cc5F)n4)C4CCC43)nc3ccc(C(=O)O)cc32)c1.